The first-order valence-electron chi connectivity index (χ1n) is 7.61. The first-order valence-corrected chi connectivity index (χ1v) is 8.89. The van der Waals surface area contributed by atoms with Gasteiger partial charge in [0.1, 0.15) is 0 Å². The number of thioether (sulfide) groups is 1. The summed E-state index contributed by atoms with van der Waals surface area (Å²) in [5, 5.41) is 6.87. The van der Waals surface area contributed by atoms with Crippen molar-refractivity contribution in [2.75, 3.05) is 6.26 Å². The van der Waals surface area contributed by atoms with E-state index in [-0.39, 0.29) is 12.1 Å². The Morgan fingerprint density at radius 2 is 2.19 bits per heavy atom. The Balaban J connectivity index is 1.90. The van der Waals surface area contributed by atoms with Crippen molar-refractivity contribution in [3.8, 4) is 0 Å². The maximum Gasteiger partial charge on any atom is 0.315 e. The van der Waals surface area contributed by atoms with Crippen LogP contribution in [0.25, 0.3) is 0 Å². The molecule has 0 spiro atoms. The molecule has 1 aromatic rings. The topological polar surface area (TPSA) is 54.0 Å². The fourth-order valence-electron chi connectivity index (χ4n) is 2.80. The fraction of sp³-hybridized carbons (Fsp3) is 0.625. The van der Waals surface area contributed by atoms with Gasteiger partial charge in [-0.3, -0.25) is 4.98 Å². The van der Waals surface area contributed by atoms with Crippen molar-refractivity contribution in [1.29, 1.82) is 0 Å². The minimum absolute atomic E-state index is 0.0519. The van der Waals surface area contributed by atoms with E-state index in [9.17, 15) is 4.79 Å². The van der Waals surface area contributed by atoms with Crippen molar-refractivity contribution in [1.82, 2.24) is 15.6 Å². The molecule has 0 radical (unpaired) electrons. The largest absolute Gasteiger partial charge is 0.335 e. The number of urea groups is 1. The zero-order chi connectivity index (χ0) is 15.2. The number of nitrogens with one attached hydrogen (secondary N) is 2. The van der Waals surface area contributed by atoms with Gasteiger partial charge in [-0.1, -0.05) is 19.9 Å². The van der Waals surface area contributed by atoms with Gasteiger partial charge < -0.3 is 10.6 Å². The van der Waals surface area contributed by atoms with E-state index in [0.717, 1.165) is 18.5 Å². The summed E-state index contributed by atoms with van der Waals surface area (Å²) < 4.78 is 0. The molecule has 1 aliphatic rings. The molecule has 0 unspecified atom stereocenters. The van der Waals surface area contributed by atoms with Crippen LogP contribution in [0.2, 0.25) is 0 Å². The standard InChI is InChI=1S/C16H25N3OS/c1-11(2)15(14-6-4-5-9-17-14)19-16(20)18-12-7-8-13(10-12)21-3/h4-6,9,11-13,15H,7-8,10H2,1-3H3,(H2,18,19,20)/t12-,13+,15+/m0/s1. The first-order chi connectivity index (χ1) is 10.1. The zero-order valence-corrected chi connectivity index (χ0v) is 13.8. The molecule has 1 aromatic heterocycles. The van der Waals surface area contributed by atoms with Crippen LogP contribution in [0.3, 0.4) is 0 Å². The molecule has 3 atom stereocenters. The number of aromatic nitrogens is 1. The van der Waals surface area contributed by atoms with Crippen molar-refractivity contribution < 1.29 is 4.79 Å². The lowest BCUT2D eigenvalue weighted by atomic mass is 10.0. The van der Waals surface area contributed by atoms with Crippen molar-refractivity contribution in [3.05, 3.63) is 30.1 Å². The molecule has 0 saturated heterocycles. The Morgan fingerprint density at radius 1 is 1.38 bits per heavy atom. The van der Waals surface area contributed by atoms with E-state index < -0.39 is 0 Å². The number of carbonyl (C=O) groups excluding carboxylic acids is 1. The summed E-state index contributed by atoms with van der Waals surface area (Å²) in [6.07, 6.45) is 7.26. The molecule has 4 nitrogen and oxygen atoms in total. The predicted octanol–water partition coefficient (Wildman–Crippen LogP) is 3.36. The molecule has 0 aromatic carbocycles. The summed E-state index contributed by atoms with van der Waals surface area (Å²) in [6, 6.07) is 5.98. The van der Waals surface area contributed by atoms with Crippen molar-refractivity contribution in [2.45, 2.75) is 50.4 Å². The van der Waals surface area contributed by atoms with E-state index in [1.54, 1.807) is 6.20 Å². The van der Waals surface area contributed by atoms with Crippen molar-refractivity contribution in [2.24, 2.45) is 5.92 Å². The summed E-state index contributed by atoms with van der Waals surface area (Å²) in [6.45, 7) is 4.19. The maximum atomic E-state index is 12.2. The van der Waals surface area contributed by atoms with Crippen LogP contribution in [-0.2, 0) is 0 Å². The van der Waals surface area contributed by atoms with Crippen molar-refractivity contribution >= 4 is 17.8 Å². The van der Waals surface area contributed by atoms with Gasteiger partial charge in [-0.25, -0.2) is 4.79 Å². The van der Waals surface area contributed by atoms with Gasteiger partial charge in [0, 0.05) is 17.5 Å². The smallest absolute Gasteiger partial charge is 0.315 e. The minimum atomic E-state index is -0.0777. The van der Waals surface area contributed by atoms with Gasteiger partial charge in [-0.15, -0.1) is 0 Å². The quantitative estimate of drug-likeness (QED) is 0.877. The molecular formula is C16H25N3OS. The lowest BCUT2D eigenvalue weighted by Crippen LogP contribution is -2.44. The molecule has 0 bridgehead atoms. The number of carbonyl (C=O) groups is 1. The summed E-state index contributed by atoms with van der Waals surface area (Å²) in [5.74, 6) is 0.299. The highest BCUT2D eigenvalue weighted by Crippen LogP contribution is 2.28. The lowest BCUT2D eigenvalue weighted by molar-refractivity contribution is 0.229. The Morgan fingerprint density at radius 3 is 2.76 bits per heavy atom. The van der Waals surface area contributed by atoms with Crippen LogP contribution in [0, 0.1) is 5.92 Å². The van der Waals surface area contributed by atoms with E-state index >= 15 is 0 Å². The van der Waals surface area contributed by atoms with Crippen LogP contribution in [0.5, 0.6) is 0 Å². The normalized spacial score (nSPS) is 23.0. The van der Waals surface area contributed by atoms with Crippen LogP contribution in [0.1, 0.15) is 44.8 Å². The van der Waals surface area contributed by atoms with Crippen LogP contribution in [0.4, 0.5) is 4.79 Å². The number of amides is 2. The Kier molecular flexibility index (Phi) is 5.91. The molecule has 2 N–H and O–H groups in total. The van der Waals surface area contributed by atoms with Crippen LogP contribution >= 0.6 is 11.8 Å². The number of rotatable bonds is 5. The molecule has 116 valence electrons. The molecule has 1 heterocycles. The highest BCUT2D eigenvalue weighted by molar-refractivity contribution is 7.99. The third-order valence-electron chi connectivity index (χ3n) is 4.01. The highest BCUT2D eigenvalue weighted by Gasteiger charge is 2.26. The average Bonchev–Trinajstić information content (AvgIpc) is 2.93. The van der Waals surface area contributed by atoms with Gasteiger partial charge in [0.2, 0.25) is 0 Å². The third kappa shape index (κ3) is 4.63. The SMILES string of the molecule is CS[C@@H]1CC[C@H](NC(=O)N[C@@H](c2ccccn2)C(C)C)C1. The number of hydrogen-bond acceptors (Lipinski definition) is 3. The van der Waals surface area contributed by atoms with Crippen molar-refractivity contribution in [3.63, 3.8) is 0 Å². The van der Waals surface area contributed by atoms with E-state index in [4.69, 9.17) is 0 Å². The molecule has 0 aliphatic heterocycles. The second kappa shape index (κ2) is 7.69. The molecule has 21 heavy (non-hydrogen) atoms. The Hall–Kier alpha value is -1.23. The molecule has 2 rings (SSSR count). The van der Waals surface area contributed by atoms with Crippen LogP contribution < -0.4 is 10.6 Å². The highest BCUT2D eigenvalue weighted by atomic mass is 32.2. The molecule has 1 saturated carbocycles. The van der Waals surface area contributed by atoms with Gasteiger partial charge in [-0.2, -0.15) is 11.8 Å². The van der Waals surface area contributed by atoms with E-state index in [0.29, 0.717) is 17.2 Å². The van der Waals surface area contributed by atoms with E-state index in [1.165, 1.54) is 6.42 Å². The molecule has 1 fully saturated rings. The summed E-state index contributed by atoms with van der Waals surface area (Å²) in [4.78, 5) is 16.6. The van der Waals surface area contributed by atoms with Gasteiger partial charge in [0.05, 0.1) is 11.7 Å². The lowest BCUT2D eigenvalue weighted by Gasteiger charge is -2.23. The minimum Gasteiger partial charge on any atom is -0.335 e. The number of hydrogen-bond donors (Lipinski definition) is 2. The third-order valence-corrected chi connectivity index (χ3v) is 5.11. The average molecular weight is 307 g/mol. The summed E-state index contributed by atoms with van der Waals surface area (Å²) in [7, 11) is 0. The van der Waals surface area contributed by atoms with E-state index in [1.807, 2.05) is 30.0 Å². The summed E-state index contributed by atoms with van der Waals surface area (Å²) >= 11 is 1.90. The number of pyridine rings is 1. The molecule has 2 amide bonds. The molecular weight excluding hydrogens is 282 g/mol. The van der Waals surface area contributed by atoms with Gasteiger partial charge >= 0.3 is 6.03 Å². The molecule has 1 aliphatic carbocycles. The molecule has 5 heteroatoms. The summed E-state index contributed by atoms with van der Waals surface area (Å²) in [5.41, 5.74) is 0.913. The predicted molar refractivity (Wildman–Crippen MR) is 88.4 cm³/mol. The van der Waals surface area contributed by atoms with Gasteiger partial charge in [0.25, 0.3) is 0 Å². The number of nitrogens with zero attached hydrogens (tertiary/aromatic N) is 1. The monoisotopic (exact) mass is 307 g/mol. The second-order valence-electron chi connectivity index (χ2n) is 5.96. The Bertz CT molecular complexity index is 452. The van der Waals surface area contributed by atoms with Gasteiger partial charge in [-0.05, 0) is 43.6 Å². The zero-order valence-electron chi connectivity index (χ0n) is 13.0. The van der Waals surface area contributed by atoms with E-state index in [2.05, 4.69) is 35.7 Å². The van der Waals surface area contributed by atoms with Gasteiger partial charge in [0.15, 0.2) is 0 Å². The van der Waals surface area contributed by atoms with Crippen LogP contribution in [-0.4, -0.2) is 28.6 Å². The second-order valence-corrected chi connectivity index (χ2v) is 7.10. The first kappa shape index (κ1) is 16.1. The fourth-order valence-corrected chi connectivity index (χ4v) is 3.59. The maximum absolute atomic E-state index is 12.2. The Labute approximate surface area is 131 Å². The van der Waals surface area contributed by atoms with Crippen LogP contribution in [0.15, 0.2) is 24.4 Å².